The average molecular weight is 348 g/mol. The zero-order valence-electron chi connectivity index (χ0n) is 14.6. The van der Waals surface area contributed by atoms with Crippen LogP contribution in [0.1, 0.15) is 25.7 Å². The van der Waals surface area contributed by atoms with Crippen LogP contribution in [0.5, 0.6) is 11.5 Å². The van der Waals surface area contributed by atoms with Gasteiger partial charge in [-0.25, -0.2) is 0 Å². The molecule has 0 saturated carbocycles. The smallest absolute Gasteiger partial charge is 0.323 e. The number of carbonyl (C=O) groups excluding carboxylic acids is 2. The number of esters is 1. The second-order valence-electron chi connectivity index (χ2n) is 6.36. The van der Waals surface area contributed by atoms with E-state index in [-0.39, 0.29) is 24.3 Å². The van der Waals surface area contributed by atoms with E-state index in [0.29, 0.717) is 23.8 Å². The zero-order chi connectivity index (χ0) is 17.8. The van der Waals surface area contributed by atoms with Crippen LogP contribution < -0.4 is 14.8 Å². The number of benzene rings is 1. The zero-order valence-corrected chi connectivity index (χ0v) is 14.6. The minimum atomic E-state index is -0.501. The topological polar surface area (TPSA) is 77.1 Å². The van der Waals surface area contributed by atoms with Crippen LogP contribution in [0, 0.1) is 0 Å². The van der Waals surface area contributed by atoms with E-state index in [1.54, 1.807) is 25.3 Å². The third-order valence-electron chi connectivity index (χ3n) is 4.81. The van der Waals surface area contributed by atoms with Gasteiger partial charge in [0.05, 0.1) is 20.6 Å². The maximum absolute atomic E-state index is 12.4. The van der Waals surface area contributed by atoms with Crippen LogP contribution in [-0.2, 0) is 14.3 Å². The summed E-state index contributed by atoms with van der Waals surface area (Å²) in [6, 6.07) is 4.90. The molecule has 1 aromatic rings. The molecule has 0 aliphatic carbocycles. The molecule has 1 amide bonds. The first-order valence-corrected chi connectivity index (χ1v) is 8.56. The Kier molecular flexibility index (Phi) is 5.43. The minimum Gasteiger partial charge on any atom is -0.493 e. The van der Waals surface area contributed by atoms with E-state index >= 15 is 0 Å². The summed E-state index contributed by atoms with van der Waals surface area (Å²) in [6.45, 7) is 1.28. The largest absolute Gasteiger partial charge is 0.493 e. The number of fused-ring (bicyclic) bond motifs is 1. The van der Waals surface area contributed by atoms with Gasteiger partial charge in [-0.15, -0.1) is 0 Å². The lowest BCUT2D eigenvalue weighted by Crippen LogP contribution is -2.57. The number of nitrogens with zero attached hydrogens (tertiary/aromatic N) is 1. The van der Waals surface area contributed by atoms with Gasteiger partial charge in [-0.2, -0.15) is 0 Å². The number of piperidine rings is 1. The summed E-state index contributed by atoms with van der Waals surface area (Å²) in [5, 5.41) is 2.82. The Labute approximate surface area is 147 Å². The van der Waals surface area contributed by atoms with Crippen LogP contribution in [0.3, 0.4) is 0 Å². The van der Waals surface area contributed by atoms with Crippen molar-refractivity contribution in [3.05, 3.63) is 18.2 Å². The number of methoxy groups -OCH3 is 2. The fraction of sp³-hybridized carbons (Fsp3) is 0.556. The van der Waals surface area contributed by atoms with E-state index < -0.39 is 6.04 Å². The Hall–Kier alpha value is -2.28. The van der Waals surface area contributed by atoms with E-state index in [0.717, 1.165) is 25.8 Å². The van der Waals surface area contributed by atoms with Gasteiger partial charge in [0.2, 0.25) is 5.91 Å². The molecule has 0 radical (unpaired) electrons. The fourth-order valence-corrected chi connectivity index (χ4v) is 3.52. The van der Waals surface area contributed by atoms with Crippen molar-refractivity contribution in [2.24, 2.45) is 0 Å². The highest BCUT2D eigenvalue weighted by Gasteiger charge is 2.40. The Morgan fingerprint density at radius 3 is 2.84 bits per heavy atom. The number of nitrogens with one attached hydrogen (secondary N) is 1. The lowest BCUT2D eigenvalue weighted by molar-refractivity contribution is -0.165. The number of ether oxygens (including phenoxy) is 3. The Bertz CT molecular complexity index is 648. The van der Waals surface area contributed by atoms with Crippen molar-refractivity contribution < 1.29 is 23.8 Å². The van der Waals surface area contributed by atoms with E-state index in [9.17, 15) is 9.59 Å². The molecule has 25 heavy (non-hydrogen) atoms. The van der Waals surface area contributed by atoms with Crippen molar-refractivity contribution in [2.45, 2.75) is 37.8 Å². The van der Waals surface area contributed by atoms with Crippen molar-refractivity contribution in [2.75, 3.05) is 32.7 Å². The summed E-state index contributed by atoms with van der Waals surface area (Å²) in [5.41, 5.74) is 0.599. The lowest BCUT2D eigenvalue weighted by Gasteiger charge is -2.43. The molecule has 2 atom stereocenters. The highest BCUT2D eigenvalue weighted by Crippen LogP contribution is 2.30. The second-order valence-corrected chi connectivity index (χ2v) is 6.36. The summed E-state index contributed by atoms with van der Waals surface area (Å²) in [5.74, 6) is 0.599. The predicted octanol–water partition coefficient (Wildman–Crippen LogP) is 1.81. The maximum atomic E-state index is 12.4. The normalized spacial score (nSPS) is 23.4. The third kappa shape index (κ3) is 3.87. The first-order valence-electron chi connectivity index (χ1n) is 8.56. The maximum Gasteiger partial charge on any atom is 0.323 e. The monoisotopic (exact) mass is 348 g/mol. The van der Waals surface area contributed by atoms with E-state index in [4.69, 9.17) is 14.2 Å². The summed E-state index contributed by atoms with van der Waals surface area (Å²) in [7, 11) is 3.10. The van der Waals surface area contributed by atoms with Gasteiger partial charge in [-0.05, 0) is 31.5 Å². The number of hydrogen-bond donors (Lipinski definition) is 1. The first kappa shape index (κ1) is 17.5. The summed E-state index contributed by atoms with van der Waals surface area (Å²) < 4.78 is 15.7. The van der Waals surface area contributed by atoms with Crippen LogP contribution in [0.15, 0.2) is 18.2 Å². The fourth-order valence-electron chi connectivity index (χ4n) is 3.52. The molecule has 2 heterocycles. The molecule has 136 valence electrons. The molecule has 7 heteroatoms. The number of anilines is 1. The van der Waals surface area contributed by atoms with E-state index in [1.165, 1.54) is 7.11 Å². The number of rotatable bonds is 5. The van der Waals surface area contributed by atoms with Crippen molar-refractivity contribution in [1.29, 1.82) is 0 Å². The second kappa shape index (κ2) is 7.74. The third-order valence-corrected chi connectivity index (χ3v) is 4.81. The molecule has 2 fully saturated rings. The van der Waals surface area contributed by atoms with Gasteiger partial charge < -0.3 is 19.5 Å². The number of morpholine rings is 1. The van der Waals surface area contributed by atoms with Gasteiger partial charge in [0, 0.05) is 17.8 Å². The molecular weight excluding hydrogens is 324 g/mol. The van der Waals surface area contributed by atoms with Crippen LogP contribution in [0.25, 0.3) is 0 Å². The molecule has 0 bridgehead atoms. The Balaban J connectivity index is 1.66. The molecule has 0 aromatic heterocycles. The van der Waals surface area contributed by atoms with E-state index in [1.807, 2.05) is 0 Å². The van der Waals surface area contributed by atoms with Crippen molar-refractivity contribution in [3.8, 4) is 11.5 Å². The minimum absolute atomic E-state index is 0.0870. The highest BCUT2D eigenvalue weighted by molar-refractivity contribution is 5.94. The quantitative estimate of drug-likeness (QED) is 0.818. The van der Waals surface area contributed by atoms with Crippen molar-refractivity contribution in [3.63, 3.8) is 0 Å². The number of cyclic esters (lactones) is 1. The average Bonchev–Trinajstić information content (AvgIpc) is 2.64. The molecule has 2 aliphatic heterocycles. The predicted molar refractivity (Wildman–Crippen MR) is 91.9 cm³/mol. The van der Waals surface area contributed by atoms with E-state index in [2.05, 4.69) is 10.2 Å². The standard InChI is InChI=1S/C18H24N2O5/c1-23-15-7-6-12(9-16(15)24-2)19-17(21)10-14-18(22)25-11-13-5-3-4-8-20(13)14/h6-7,9,13-14H,3-5,8,10-11H2,1-2H3,(H,19,21)/t13-,14+/m0/s1. The van der Waals surface area contributed by atoms with Crippen LogP contribution in [0.4, 0.5) is 5.69 Å². The molecule has 2 saturated heterocycles. The van der Waals surface area contributed by atoms with Gasteiger partial charge in [0.25, 0.3) is 0 Å². The Morgan fingerprint density at radius 1 is 1.28 bits per heavy atom. The molecule has 0 unspecified atom stereocenters. The highest BCUT2D eigenvalue weighted by atomic mass is 16.5. The summed E-state index contributed by atoms with van der Waals surface area (Å²) in [6.07, 6.45) is 3.30. The van der Waals surface area contributed by atoms with Gasteiger partial charge >= 0.3 is 5.97 Å². The molecule has 1 aromatic carbocycles. The molecule has 7 nitrogen and oxygen atoms in total. The van der Waals surface area contributed by atoms with Crippen LogP contribution in [0.2, 0.25) is 0 Å². The summed E-state index contributed by atoms with van der Waals surface area (Å²) >= 11 is 0. The molecular formula is C18H24N2O5. The van der Waals surface area contributed by atoms with Gasteiger partial charge in [-0.3, -0.25) is 14.5 Å². The number of carbonyl (C=O) groups is 2. The molecule has 3 rings (SSSR count). The van der Waals surface area contributed by atoms with Crippen LogP contribution in [-0.4, -0.2) is 56.2 Å². The lowest BCUT2D eigenvalue weighted by atomic mass is 9.97. The summed E-state index contributed by atoms with van der Waals surface area (Å²) in [4.78, 5) is 26.7. The Morgan fingerprint density at radius 2 is 2.08 bits per heavy atom. The molecule has 1 N–H and O–H groups in total. The molecule has 2 aliphatic rings. The first-order chi connectivity index (χ1) is 12.1. The van der Waals surface area contributed by atoms with Gasteiger partial charge in [-0.1, -0.05) is 6.42 Å². The molecule has 0 spiro atoms. The SMILES string of the molecule is COc1ccc(NC(=O)C[C@@H]2C(=O)OC[C@@H]3CCCCN32)cc1OC. The van der Waals surface area contributed by atoms with Crippen LogP contribution >= 0.6 is 0 Å². The van der Waals surface area contributed by atoms with Crippen molar-refractivity contribution in [1.82, 2.24) is 4.90 Å². The number of hydrogen-bond acceptors (Lipinski definition) is 6. The van der Waals surface area contributed by atoms with Gasteiger partial charge in [0.1, 0.15) is 12.6 Å². The van der Waals surface area contributed by atoms with Gasteiger partial charge in [0.15, 0.2) is 11.5 Å². The van der Waals surface area contributed by atoms with Crippen molar-refractivity contribution >= 4 is 17.6 Å². The number of amides is 1.